The van der Waals surface area contributed by atoms with Gasteiger partial charge >= 0.3 is 0 Å². The summed E-state index contributed by atoms with van der Waals surface area (Å²) in [6.07, 6.45) is 2.27. The van der Waals surface area contributed by atoms with E-state index in [-0.39, 0.29) is 11.4 Å². The maximum atomic E-state index is 12.0. The Morgan fingerprint density at radius 2 is 2.12 bits per heavy atom. The molecule has 1 amide bonds. The van der Waals surface area contributed by atoms with Crippen molar-refractivity contribution in [2.45, 2.75) is 25.8 Å². The zero-order valence-electron chi connectivity index (χ0n) is 9.35. The van der Waals surface area contributed by atoms with E-state index in [0.29, 0.717) is 16.2 Å². The second kappa shape index (κ2) is 5.87. The third kappa shape index (κ3) is 3.10. The van der Waals surface area contributed by atoms with Gasteiger partial charge in [0.05, 0.1) is 17.4 Å². The fourth-order valence-corrected chi connectivity index (χ4v) is 2.47. The van der Waals surface area contributed by atoms with Gasteiger partial charge in [-0.3, -0.25) is 4.79 Å². The van der Waals surface area contributed by atoms with Crippen molar-refractivity contribution >= 4 is 37.8 Å². The van der Waals surface area contributed by atoms with E-state index in [4.69, 9.17) is 4.42 Å². The largest absolute Gasteiger partial charge is 0.469 e. The summed E-state index contributed by atoms with van der Waals surface area (Å²) in [5.41, 5.74) is 0.329. The smallest absolute Gasteiger partial charge is 0.255 e. The van der Waals surface area contributed by atoms with E-state index in [0.717, 1.165) is 12.2 Å². The number of carbonyl (C=O) groups is 1. The number of nitrogens with one attached hydrogen (secondary N) is 1. The number of rotatable bonds is 5. The molecule has 90 valence electrons. The third-order valence-corrected chi connectivity index (χ3v) is 4.79. The maximum absolute atomic E-state index is 12.0. The highest BCUT2D eigenvalue weighted by Gasteiger charge is 2.25. The first kappa shape index (κ1) is 13.8. The molecule has 1 aromatic rings. The minimum Gasteiger partial charge on any atom is -0.469 e. The standard InChI is InChI=1S/C11H15Br2NO2/c1-3-9-8(4-5-16-9)10(15)14-11(2,6-12)7-13/h4-5H,3,6-7H2,1-2H3,(H,14,15). The lowest BCUT2D eigenvalue weighted by molar-refractivity contribution is 0.0921. The van der Waals surface area contributed by atoms with Crippen LogP contribution in [0.3, 0.4) is 0 Å². The van der Waals surface area contributed by atoms with Crippen LogP contribution in [0, 0.1) is 0 Å². The molecule has 0 bridgehead atoms. The molecular weight excluding hydrogens is 338 g/mol. The summed E-state index contributed by atoms with van der Waals surface area (Å²) in [7, 11) is 0. The molecule has 0 fully saturated rings. The predicted octanol–water partition coefficient (Wildman–Crippen LogP) is 3.12. The Morgan fingerprint density at radius 1 is 1.50 bits per heavy atom. The topological polar surface area (TPSA) is 42.2 Å². The Bertz CT molecular complexity index is 359. The first-order valence-electron chi connectivity index (χ1n) is 5.07. The molecule has 0 atom stereocenters. The van der Waals surface area contributed by atoms with Crippen LogP contribution in [-0.4, -0.2) is 22.1 Å². The van der Waals surface area contributed by atoms with Gasteiger partial charge in [0.25, 0.3) is 5.91 Å². The van der Waals surface area contributed by atoms with E-state index >= 15 is 0 Å². The molecular formula is C11H15Br2NO2. The molecule has 0 radical (unpaired) electrons. The first-order valence-corrected chi connectivity index (χ1v) is 7.31. The monoisotopic (exact) mass is 351 g/mol. The third-order valence-electron chi connectivity index (χ3n) is 2.32. The summed E-state index contributed by atoms with van der Waals surface area (Å²) in [4.78, 5) is 12.0. The van der Waals surface area contributed by atoms with E-state index in [2.05, 4.69) is 37.2 Å². The van der Waals surface area contributed by atoms with Crippen LogP contribution in [0.4, 0.5) is 0 Å². The minimum absolute atomic E-state index is 0.0907. The zero-order valence-corrected chi connectivity index (χ0v) is 12.5. The van der Waals surface area contributed by atoms with E-state index in [1.165, 1.54) is 0 Å². The van der Waals surface area contributed by atoms with E-state index < -0.39 is 0 Å². The minimum atomic E-state index is -0.292. The van der Waals surface area contributed by atoms with Gasteiger partial charge in [0.15, 0.2) is 0 Å². The van der Waals surface area contributed by atoms with E-state index in [9.17, 15) is 4.79 Å². The summed E-state index contributed by atoms with van der Waals surface area (Å²) in [5, 5.41) is 4.36. The molecule has 5 heteroatoms. The molecule has 0 unspecified atom stereocenters. The molecule has 0 spiro atoms. The van der Waals surface area contributed by atoms with Gasteiger partial charge in [0.2, 0.25) is 0 Å². The Kier molecular flexibility index (Phi) is 5.05. The van der Waals surface area contributed by atoms with Crippen molar-refractivity contribution in [3.05, 3.63) is 23.7 Å². The van der Waals surface area contributed by atoms with Crippen molar-refractivity contribution in [1.82, 2.24) is 5.32 Å². The van der Waals surface area contributed by atoms with Gasteiger partial charge in [-0.1, -0.05) is 38.8 Å². The molecule has 0 aromatic carbocycles. The number of carbonyl (C=O) groups excluding carboxylic acids is 1. The number of amides is 1. The molecule has 1 rings (SSSR count). The van der Waals surface area contributed by atoms with Crippen molar-refractivity contribution in [2.75, 3.05) is 10.7 Å². The number of halogens is 2. The predicted molar refractivity (Wildman–Crippen MR) is 71.5 cm³/mol. The highest BCUT2D eigenvalue weighted by molar-refractivity contribution is 9.09. The van der Waals surface area contributed by atoms with Crippen LogP contribution < -0.4 is 5.32 Å². The van der Waals surface area contributed by atoms with Crippen LogP contribution in [0.2, 0.25) is 0 Å². The SMILES string of the molecule is CCc1occc1C(=O)NC(C)(CBr)CBr. The zero-order chi connectivity index (χ0) is 12.2. The van der Waals surface area contributed by atoms with Crippen LogP contribution in [-0.2, 0) is 6.42 Å². The van der Waals surface area contributed by atoms with E-state index in [1.807, 2.05) is 13.8 Å². The molecule has 16 heavy (non-hydrogen) atoms. The van der Waals surface area contributed by atoms with Crippen molar-refractivity contribution in [2.24, 2.45) is 0 Å². The van der Waals surface area contributed by atoms with Gasteiger partial charge in [-0.25, -0.2) is 0 Å². The second-order valence-electron chi connectivity index (χ2n) is 3.89. The summed E-state index contributed by atoms with van der Waals surface area (Å²) < 4.78 is 5.23. The average Bonchev–Trinajstić information content (AvgIpc) is 2.76. The number of hydrogen-bond donors (Lipinski definition) is 1. The highest BCUT2D eigenvalue weighted by atomic mass is 79.9. The van der Waals surface area contributed by atoms with Crippen molar-refractivity contribution in [3.8, 4) is 0 Å². The molecule has 1 N–H and O–H groups in total. The Balaban J connectivity index is 2.80. The molecule has 3 nitrogen and oxygen atoms in total. The van der Waals surface area contributed by atoms with Gasteiger partial charge in [-0.15, -0.1) is 0 Å². The lowest BCUT2D eigenvalue weighted by Crippen LogP contribution is -2.49. The molecule has 0 saturated heterocycles. The summed E-state index contributed by atoms with van der Waals surface area (Å²) in [5.74, 6) is 0.635. The summed E-state index contributed by atoms with van der Waals surface area (Å²) in [6, 6.07) is 1.71. The van der Waals surface area contributed by atoms with Crippen LogP contribution in [0.15, 0.2) is 16.7 Å². The summed E-state index contributed by atoms with van der Waals surface area (Å²) >= 11 is 6.78. The highest BCUT2D eigenvalue weighted by Crippen LogP contribution is 2.16. The Labute approximate surface area is 112 Å². The van der Waals surface area contributed by atoms with Crippen molar-refractivity contribution in [3.63, 3.8) is 0 Å². The number of aryl methyl sites for hydroxylation is 1. The molecule has 0 aliphatic heterocycles. The molecule has 0 aliphatic rings. The lowest BCUT2D eigenvalue weighted by Gasteiger charge is -2.26. The van der Waals surface area contributed by atoms with Crippen LogP contribution in [0.25, 0.3) is 0 Å². The second-order valence-corrected chi connectivity index (χ2v) is 5.01. The normalized spacial score (nSPS) is 11.5. The van der Waals surface area contributed by atoms with Crippen molar-refractivity contribution in [1.29, 1.82) is 0 Å². The van der Waals surface area contributed by atoms with Crippen molar-refractivity contribution < 1.29 is 9.21 Å². The first-order chi connectivity index (χ1) is 7.56. The van der Waals surface area contributed by atoms with E-state index in [1.54, 1.807) is 12.3 Å². The average molecular weight is 353 g/mol. The van der Waals surface area contributed by atoms with Crippen LogP contribution in [0.1, 0.15) is 30.0 Å². The van der Waals surface area contributed by atoms with Gasteiger partial charge < -0.3 is 9.73 Å². The Morgan fingerprint density at radius 3 is 2.62 bits per heavy atom. The fraction of sp³-hybridized carbons (Fsp3) is 0.545. The number of hydrogen-bond acceptors (Lipinski definition) is 2. The Hall–Kier alpha value is -0.290. The number of alkyl halides is 2. The van der Waals surface area contributed by atoms with Crippen LogP contribution in [0.5, 0.6) is 0 Å². The molecule has 1 aromatic heterocycles. The van der Waals surface area contributed by atoms with Crippen LogP contribution >= 0.6 is 31.9 Å². The molecule has 0 aliphatic carbocycles. The fourth-order valence-electron chi connectivity index (χ4n) is 1.26. The quantitative estimate of drug-likeness (QED) is 0.827. The lowest BCUT2D eigenvalue weighted by atomic mass is 10.1. The number of furan rings is 1. The van der Waals surface area contributed by atoms with Gasteiger partial charge in [-0.2, -0.15) is 0 Å². The maximum Gasteiger partial charge on any atom is 0.255 e. The molecule has 1 heterocycles. The summed E-state index contributed by atoms with van der Waals surface area (Å²) in [6.45, 7) is 3.93. The van der Waals surface area contributed by atoms with Gasteiger partial charge in [0.1, 0.15) is 5.76 Å². The van der Waals surface area contributed by atoms with Gasteiger partial charge in [0, 0.05) is 17.1 Å². The molecule has 0 saturated carbocycles. The van der Waals surface area contributed by atoms with Gasteiger partial charge in [-0.05, 0) is 13.0 Å².